The third-order valence-electron chi connectivity index (χ3n) is 0. The molecule has 0 atom stereocenters. The number of hydrogen-bond acceptors (Lipinski definition) is 2. The van der Waals surface area contributed by atoms with E-state index < -0.39 is 10.3 Å². The zero-order valence-corrected chi connectivity index (χ0v) is 7.86. The third-order valence-corrected chi connectivity index (χ3v) is 0. The molecule has 0 radical (unpaired) electrons. The molecule has 0 amide bonds. The van der Waals surface area contributed by atoms with Gasteiger partial charge in [-0.05, 0) is 0 Å². The van der Waals surface area contributed by atoms with Crippen LogP contribution in [0, 0.1) is 0 Å². The van der Waals surface area contributed by atoms with Crippen LogP contribution in [0.2, 0.25) is 0 Å². The molecular formula is H2Cl2NNi2O3S-. The van der Waals surface area contributed by atoms with E-state index in [4.69, 9.17) is 38.5 Å². The molecular weight excluding hydrogens is 282 g/mol. The average Bonchev–Trinajstić information content (AvgIpc) is 1.27. The second-order valence-corrected chi connectivity index (χ2v) is 3.10. The van der Waals surface area contributed by atoms with Gasteiger partial charge in [-0.15, -0.1) is 0 Å². The van der Waals surface area contributed by atoms with Gasteiger partial charge in [0, 0.05) is 16.5 Å². The molecule has 0 aliphatic rings. The van der Waals surface area contributed by atoms with Crippen LogP contribution < -0.4 is 0 Å². The maximum atomic E-state index is 8.85. The molecule has 0 aromatic rings. The van der Waals surface area contributed by atoms with E-state index in [1.54, 1.807) is 0 Å². The Bertz CT molecular complexity index is 114. The molecule has 0 aliphatic heterocycles. The smallest absolute Gasteiger partial charge is 0.186 e. The standard InChI is InChI=1S/2ClH.H2NO3S.2Ni/c;;1-5(2,3)4;;/h2*1H;(H2-,1,2,3,4);;/q;;-1;;+2/p-2. The molecule has 0 saturated heterocycles. The van der Waals surface area contributed by atoms with Gasteiger partial charge in [0.05, 0.1) is 0 Å². The molecule has 0 aromatic heterocycles. The fourth-order valence-corrected chi connectivity index (χ4v) is 0. The largest absolute Gasteiger partial charge is 0.540 e. The molecule has 0 rings (SSSR count). The van der Waals surface area contributed by atoms with Crippen molar-refractivity contribution in [3.8, 4) is 0 Å². The molecule has 2 N–H and O–H groups in total. The van der Waals surface area contributed by atoms with Crippen molar-refractivity contribution in [2.75, 3.05) is 0 Å². The minimum atomic E-state index is -4.42. The third kappa shape index (κ3) is 253. The molecule has 0 aromatic carbocycles. The quantitative estimate of drug-likeness (QED) is 0.536. The van der Waals surface area contributed by atoms with E-state index in [0.29, 0.717) is 12.7 Å². The van der Waals surface area contributed by atoms with Gasteiger partial charge in [-0.3, -0.25) is 4.55 Å². The maximum absolute atomic E-state index is 8.85. The number of hydrogen-bond donors (Lipinski definition) is 1. The summed E-state index contributed by atoms with van der Waals surface area (Å²) in [4.78, 5) is 0. The van der Waals surface area contributed by atoms with E-state index in [9.17, 15) is 0 Å². The van der Waals surface area contributed by atoms with Gasteiger partial charge in [-0.2, -0.15) is 0 Å². The Balaban J connectivity index is -0.0000000800. The van der Waals surface area contributed by atoms with Gasteiger partial charge in [-0.25, -0.2) is 8.42 Å². The molecule has 0 saturated carbocycles. The monoisotopic (exact) mass is 282 g/mol. The molecule has 9 heteroatoms. The van der Waals surface area contributed by atoms with E-state index in [1.165, 1.54) is 0 Å². The summed E-state index contributed by atoms with van der Waals surface area (Å²) in [6.45, 7) is 0. The Morgan fingerprint density at radius 2 is 1.44 bits per heavy atom. The van der Waals surface area contributed by atoms with Crippen molar-refractivity contribution in [2.24, 2.45) is 0 Å². The van der Waals surface area contributed by atoms with E-state index in [0.717, 1.165) is 0 Å². The Labute approximate surface area is 77.6 Å². The number of nitrogens with one attached hydrogen (secondary N) is 1. The van der Waals surface area contributed by atoms with Gasteiger partial charge in [0.2, 0.25) is 0 Å². The molecule has 0 unspecified atom stereocenters. The van der Waals surface area contributed by atoms with Gasteiger partial charge >= 0.3 is 33.0 Å². The predicted octanol–water partition coefficient (Wildman–Crippen LogP) is 1.22. The van der Waals surface area contributed by atoms with Crippen LogP contribution in [0.1, 0.15) is 0 Å². The van der Waals surface area contributed by atoms with Crippen LogP contribution >= 0.6 is 20.4 Å². The van der Waals surface area contributed by atoms with E-state index >= 15 is 0 Å². The molecule has 4 nitrogen and oxygen atoms in total. The van der Waals surface area contributed by atoms with Crippen LogP contribution in [0.3, 0.4) is 0 Å². The van der Waals surface area contributed by atoms with Crippen molar-refractivity contribution in [3.63, 3.8) is 0 Å². The van der Waals surface area contributed by atoms with Crippen LogP contribution in [-0.2, 0) is 39.4 Å². The van der Waals surface area contributed by atoms with Gasteiger partial charge in [0.25, 0.3) is 0 Å². The number of halogens is 2. The van der Waals surface area contributed by atoms with Crippen molar-refractivity contribution in [1.29, 1.82) is 0 Å². The fraction of sp³-hybridized carbons (Fsp3) is 0. The average molecular weight is 284 g/mol. The zero-order valence-electron chi connectivity index (χ0n) is 3.56. The maximum Gasteiger partial charge on any atom is 0.186 e. The first-order valence-corrected chi connectivity index (χ1v) is 5.12. The normalized spacial score (nSPS) is 8.89. The summed E-state index contributed by atoms with van der Waals surface area (Å²) in [6.07, 6.45) is 0. The van der Waals surface area contributed by atoms with Crippen LogP contribution in [0.5, 0.6) is 0 Å². The second kappa shape index (κ2) is 9.44. The molecule has 0 bridgehead atoms. The summed E-state index contributed by atoms with van der Waals surface area (Å²) >= 11 is 0.569. The summed E-state index contributed by atoms with van der Waals surface area (Å²) < 4.78 is 24.9. The minimum Gasteiger partial charge on any atom is -0.540 e. The summed E-state index contributed by atoms with van der Waals surface area (Å²) in [7, 11) is 4.99. The summed E-state index contributed by atoms with van der Waals surface area (Å²) in [5.74, 6) is 0. The minimum absolute atomic E-state index is 0. The van der Waals surface area contributed by atoms with Gasteiger partial charge < -0.3 is 5.14 Å². The van der Waals surface area contributed by atoms with E-state index in [-0.39, 0.29) is 16.5 Å². The topological polar surface area (TPSA) is 78.2 Å². The van der Waals surface area contributed by atoms with Crippen molar-refractivity contribution in [2.45, 2.75) is 0 Å². The Morgan fingerprint density at radius 3 is 1.44 bits per heavy atom. The van der Waals surface area contributed by atoms with Gasteiger partial charge in [-0.1, -0.05) is 0 Å². The molecule has 0 heterocycles. The van der Waals surface area contributed by atoms with Crippen molar-refractivity contribution < 1.29 is 42.1 Å². The van der Waals surface area contributed by atoms with E-state index in [2.05, 4.69) is 0 Å². The first-order chi connectivity index (χ1) is 3.41. The van der Waals surface area contributed by atoms with Crippen LogP contribution in [0.25, 0.3) is 5.14 Å². The van der Waals surface area contributed by atoms with Crippen LogP contribution in [-0.4, -0.2) is 13.0 Å². The summed E-state index contributed by atoms with van der Waals surface area (Å²) in [5.41, 5.74) is 0. The molecule has 0 spiro atoms. The van der Waals surface area contributed by atoms with Crippen molar-refractivity contribution in [1.82, 2.24) is 0 Å². The van der Waals surface area contributed by atoms with Crippen molar-refractivity contribution in [3.05, 3.63) is 5.14 Å². The molecule has 9 heavy (non-hydrogen) atoms. The Hall–Kier alpha value is 1.44. The summed E-state index contributed by atoms with van der Waals surface area (Å²) in [5, 5.41) is 5.47. The first kappa shape index (κ1) is 16.8. The SMILES string of the molecule is [Cl][Ni][Cl].[NH-]S(=O)(=O)O.[Ni]. The molecule has 0 aliphatic carbocycles. The molecule has 0 fully saturated rings. The Morgan fingerprint density at radius 1 is 1.44 bits per heavy atom. The second-order valence-electron chi connectivity index (χ2n) is 0.520. The van der Waals surface area contributed by atoms with Gasteiger partial charge in [0.15, 0.2) is 10.3 Å². The number of rotatable bonds is 0. The van der Waals surface area contributed by atoms with Crippen LogP contribution in [0.15, 0.2) is 0 Å². The zero-order chi connectivity index (χ0) is 7.21. The summed E-state index contributed by atoms with van der Waals surface area (Å²) in [6, 6.07) is 0. The first-order valence-electron chi connectivity index (χ1n) is 0.959. The molecule has 66 valence electrons. The fourth-order valence-electron chi connectivity index (χ4n) is 0. The predicted molar refractivity (Wildman–Crippen MR) is 27.6 cm³/mol. The Kier molecular flexibility index (Phi) is 17.6. The van der Waals surface area contributed by atoms with Crippen molar-refractivity contribution >= 4 is 30.7 Å². The van der Waals surface area contributed by atoms with E-state index in [1.807, 2.05) is 0 Å². The van der Waals surface area contributed by atoms with Crippen LogP contribution in [0.4, 0.5) is 0 Å². The van der Waals surface area contributed by atoms with Gasteiger partial charge in [0.1, 0.15) is 0 Å².